The molecule has 1 heterocycles. The molecule has 17 heavy (non-hydrogen) atoms. The molecule has 0 spiro atoms. The van der Waals surface area contributed by atoms with Gasteiger partial charge >= 0.3 is 0 Å². The zero-order valence-electron chi connectivity index (χ0n) is 9.17. The summed E-state index contributed by atoms with van der Waals surface area (Å²) in [6.07, 6.45) is 0. The summed E-state index contributed by atoms with van der Waals surface area (Å²) in [5.41, 5.74) is 7.40. The van der Waals surface area contributed by atoms with Crippen LogP contribution in [0.1, 0.15) is 5.69 Å². The van der Waals surface area contributed by atoms with Crippen LogP contribution >= 0.6 is 15.9 Å². The maximum atomic E-state index is 13.6. The van der Waals surface area contributed by atoms with Crippen molar-refractivity contribution >= 4 is 33.1 Å². The third kappa shape index (κ3) is 2.55. The van der Waals surface area contributed by atoms with Crippen LogP contribution in [-0.4, -0.2) is 4.98 Å². The number of nitrogens with one attached hydrogen (secondary N) is 1. The van der Waals surface area contributed by atoms with E-state index in [0.717, 1.165) is 11.4 Å². The highest BCUT2D eigenvalue weighted by molar-refractivity contribution is 9.10. The normalized spacial score (nSPS) is 10.3. The van der Waals surface area contributed by atoms with Gasteiger partial charge in [-0.15, -0.1) is 0 Å². The number of benzene rings is 1. The highest BCUT2D eigenvalue weighted by atomic mass is 79.9. The maximum Gasteiger partial charge on any atom is 0.147 e. The second kappa shape index (κ2) is 4.71. The first-order valence-electron chi connectivity index (χ1n) is 5.02. The Morgan fingerprint density at radius 3 is 2.71 bits per heavy atom. The molecule has 0 radical (unpaired) electrons. The van der Waals surface area contributed by atoms with Gasteiger partial charge in [0.25, 0.3) is 0 Å². The molecule has 0 unspecified atom stereocenters. The number of para-hydroxylation sites is 1. The number of nitrogens with zero attached hydrogens (tertiary/aromatic N) is 1. The number of hydrogen-bond donors (Lipinski definition) is 2. The standard InChI is InChI=1S/C12H11BrFN3/c1-7-10(5-6-11(15)16-7)17-12-8(13)3-2-4-9(12)14/h2-6,17H,1H3,(H2,15,16). The van der Waals surface area contributed by atoms with Gasteiger partial charge in [-0.3, -0.25) is 0 Å². The van der Waals surface area contributed by atoms with E-state index in [9.17, 15) is 4.39 Å². The van der Waals surface area contributed by atoms with Crippen molar-refractivity contribution in [2.45, 2.75) is 6.92 Å². The highest BCUT2D eigenvalue weighted by Gasteiger charge is 2.08. The number of nitrogens with two attached hydrogens (primary N) is 1. The Balaban J connectivity index is 2.38. The minimum atomic E-state index is -0.324. The van der Waals surface area contributed by atoms with E-state index >= 15 is 0 Å². The summed E-state index contributed by atoms with van der Waals surface area (Å²) in [4.78, 5) is 4.11. The van der Waals surface area contributed by atoms with Gasteiger partial charge in [-0.25, -0.2) is 9.37 Å². The number of nitrogen functional groups attached to an aromatic ring is 1. The topological polar surface area (TPSA) is 50.9 Å². The summed E-state index contributed by atoms with van der Waals surface area (Å²) in [6, 6.07) is 8.25. The second-order valence-corrected chi connectivity index (χ2v) is 4.45. The van der Waals surface area contributed by atoms with Crippen molar-refractivity contribution in [2.75, 3.05) is 11.1 Å². The minimum Gasteiger partial charge on any atom is -0.384 e. The fourth-order valence-corrected chi connectivity index (χ4v) is 1.91. The Labute approximate surface area is 107 Å². The van der Waals surface area contributed by atoms with Gasteiger partial charge in [0.15, 0.2) is 0 Å². The molecule has 3 nitrogen and oxygen atoms in total. The molecular weight excluding hydrogens is 285 g/mol. The van der Waals surface area contributed by atoms with Gasteiger partial charge in [0.2, 0.25) is 0 Å². The molecule has 1 aromatic carbocycles. The molecule has 0 bridgehead atoms. The van der Waals surface area contributed by atoms with Crippen LogP contribution in [0.4, 0.5) is 21.6 Å². The average Bonchev–Trinajstić information content (AvgIpc) is 2.26. The van der Waals surface area contributed by atoms with Crippen molar-refractivity contribution in [3.63, 3.8) is 0 Å². The van der Waals surface area contributed by atoms with E-state index in [1.54, 1.807) is 24.3 Å². The number of anilines is 3. The van der Waals surface area contributed by atoms with E-state index < -0.39 is 0 Å². The number of aryl methyl sites for hydroxylation is 1. The van der Waals surface area contributed by atoms with E-state index in [2.05, 4.69) is 26.2 Å². The molecule has 0 saturated heterocycles. The van der Waals surface area contributed by atoms with Gasteiger partial charge in [0.05, 0.1) is 17.1 Å². The quantitative estimate of drug-likeness (QED) is 0.890. The van der Waals surface area contributed by atoms with Crippen LogP contribution in [0.15, 0.2) is 34.8 Å². The van der Waals surface area contributed by atoms with E-state index in [1.165, 1.54) is 6.07 Å². The Morgan fingerprint density at radius 1 is 1.29 bits per heavy atom. The summed E-state index contributed by atoms with van der Waals surface area (Å²) >= 11 is 3.30. The van der Waals surface area contributed by atoms with Gasteiger partial charge in [0.1, 0.15) is 11.6 Å². The van der Waals surface area contributed by atoms with Gasteiger partial charge in [0, 0.05) is 4.47 Å². The first kappa shape index (κ1) is 11.9. The molecule has 0 amide bonds. The van der Waals surface area contributed by atoms with Gasteiger partial charge in [-0.1, -0.05) is 6.07 Å². The number of hydrogen-bond acceptors (Lipinski definition) is 3. The predicted molar refractivity (Wildman–Crippen MR) is 70.8 cm³/mol. The zero-order chi connectivity index (χ0) is 12.4. The van der Waals surface area contributed by atoms with Crippen molar-refractivity contribution in [1.82, 2.24) is 4.98 Å². The molecule has 1 aromatic heterocycles. The van der Waals surface area contributed by atoms with Crippen molar-refractivity contribution in [2.24, 2.45) is 0 Å². The van der Waals surface area contributed by atoms with Gasteiger partial charge in [-0.05, 0) is 47.1 Å². The monoisotopic (exact) mass is 295 g/mol. The highest BCUT2D eigenvalue weighted by Crippen LogP contribution is 2.29. The third-order valence-electron chi connectivity index (χ3n) is 2.33. The molecule has 0 aliphatic carbocycles. The zero-order valence-corrected chi connectivity index (χ0v) is 10.8. The van der Waals surface area contributed by atoms with Gasteiger partial charge in [-0.2, -0.15) is 0 Å². The molecule has 0 aliphatic heterocycles. The lowest BCUT2D eigenvalue weighted by atomic mass is 10.2. The van der Waals surface area contributed by atoms with Crippen LogP contribution in [0.3, 0.4) is 0 Å². The Bertz CT molecular complexity index is 537. The smallest absolute Gasteiger partial charge is 0.147 e. The summed E-state index contributed by atoms with van der Waals surface area (Å²) in [5, 5.41) is 3.00. The van der Waals surface area contributed by atoms with Gasteiger partial charge < -0.3 is 11.1 Å². The van der Waals surface area contributed by atoms with Crippen LogP contribution in [-0.2, 0) is 0 Å². The fourth-order valence-electron chi connectivity index (χ4n) is 1.46. The number of halogens is 2. The van der Waals surface area contributed by atoms with E-state index in [0.29, 0.717) is 16.0 Å². The Morgan fingerprint density at radius 2 is 2.06 bits per heavy atom. The average molecular weight is 296 g/mol. The van der Waals surface area contributed by atoms with Crippen molar-refractivity contribution in [3.05, 3.63) is 46.3 Å². The molecule has 0 atom stereocenters. The molecule has 0 saturated carbocycles. The Kier molecular flexibility index (Phi) is 3.28. The number of rotatable bonds is 2. The second-order valence-electron chi connectivity index (χ2n) is 3.59. The lowest BCUT2D eigenvalue weighted by molar-refractivity contribution is 0.631. The first-order chi connectivity index (χ1) is 8.08. The summed E-state index contributed by atoms with van der Waals surface area (Å²) in [5.74, 6) is 0.122. The summed E-state index contributed by atoms with van der Waals surface area (Å²) in [7, 11) is 0. The minimum absolute atomic E-state index is 0.324. The molecule has 0 fully saturated rings. The Hall–Kier alpha value is -1.62. The molecule has 0 aliphatic rings. The van der Waals surface area contributed by atoms with Crippen LogP contribution in [0, 0.1) is 12.7 Å². The fraction of sp³-hybridized carbons (Fsp3) is 0.0833. The lowest BCUT2D eigenvalue weighted by Crippen LogP contribution is -2.00. The van der Waals surface area contributed by atoms with Crippen molar-refractivity contribution in [1.29, 1.82) is 0 Å². The predicted octanol–water partition coefficient (Wildman–Crippen LogP) is 3.62. The summed E-state index contributed by atoms with van der Waals surface area (Å²) in [6.45, 7) is 1.81. The summed E-state index contributed by atoms with van der Waals surface area (Å²) < 4.78 is 14.3. The van der Waals surface area contributed by atoms with Crippen molar-refractivity contribution in [3.8, 4) is 0 Å². The van der Waals surface area contributed by atoms with Crippen molar-refractivity contribution < 1.29 is 4.39 Å². The molecule has 88 valence electrons. The lowest BCUT2D eigenvalue weighted by Gasteiger charge is -2.11. The van der Waals surface area contributed by atoms with Crippen LogP contribution in [0.2, 0.25) is 0 Å². The number of pyridine rings is 1. The third-order valence-corrected chi connectivity index (χ3v) is 2.99. The molecule has 2 rings (SSSR count). The molecular formula is C12H11BrFN3. The van der Waals surface area contributed by atoms with Crippen LogP contribution in [0.5, 0.6) is 0 Å². The molecule has 3 N–H and O–H groups in total. The number of aromatic nitrogens is 1. The molecule has 2 aromatic rings. The molecule has 5 heteroatoms. The van der Waals surface area contributed by atoms with E-state index in [-0.39, 0.29) is 5.82 Å². The largest absolute Gasteiger partial charge is 0.384 e. The van der Waals surface area contributed by atoms with Crippen LogP contribution < -0.4 is 11.1 Å². The maximum absolute atomic E-state index is 13.6. The van der Waals surface area contributed by atoms with Crippen LogP contribution in [0.25, 0.3) is 0 Å². The van der Waals surface area contributed by atoms with E-state index in [4.69, 9.17) is 5.73 Å². The van der Waals surface area contributed by atoms with E-state index in [1.807, 2.05) is 6.92 Å². The first-order valence-corrected chi connectivity index (χ1v) is 5.81. The SMILES string of the molecule is Cc1nc(N)ccc1Nc1c(F)cccc1Br.